The molecule has 0 atom stereocenters. The van der Waals surface area contributed by atoms with E-state index in [-0.39, 0.29) is 18.1 Å². The number of unbranched alkanes of at least 4 members (excludes halogenated alkanes) is 1. The number of rotatable bonds is 7. The first-order valence-corrected chi connectivity index (χ1v) is 7.92. The summed E-state index contributed by atoms with van der Waals surface area (Å²) in [7, 11) is 0. The van der Waals surface area contributed by atoms with Crippen molar-refractivity contribution in [1.29, 1.82) is 0 Å². The second kappa shape index (κ2) is 7.74. The first-order chi connectivity index (χ1) is 12.2. The molecule has 3 aromatic rings. The second-order valence-electron chi connectivity index (χ2n) is 5.46. The molecule has 7 heteroatoms. The van der Waals surface area contributed by atoms with E-state index in [1.807, 2.05) is 0 Å². The quantitative estimate of drug-likeness (QED) is 0.634. The molecule has 5 nitrogen and oxygen atoms in total. The van der Waals surface area contributed by atoms with E-state index < -0.39 is 11.7 Å². The maximum absolute atomic E-state index is 13.7. The lowest BCUT2D eigenvalue weighted by Gasteiger charge is -2.06. The first-order valence-electron chi connectivity index (χ1n) is 7.92. The third-order valence-corrected chi connectivity index (χ3v) is 3.68. The molecule has 0 aliphatic rings. The van der Waals surface area contributed by atoms with E-state index in [1.54, 1.807) is 24.3 Å². The lowest BCUT2D eigenvalue weighted by atomic mass is 10.2. The average molecular weight is 345 g/mol. The van der Waals surface area contributed by atoms with Gasteiger partial charge in [0.15, 0.2) is 5.82 Å². The molecule has 1 aromatic heterocycles. The molecule has 1 amide bonds. The summed E-state index contributed by atoms with van der Waals surface area (Å²) in [5.74, 6) is -0.302. The number of aromatic amines is 1. The van der Waals surface area contributed by atoms with Gasteiger partial charge in [0, 0.05) is 5.39 Å². The van der Waals surface area contributed by atoms with Crippen LogP contribution in [0.5, 0.6) is 5.75 Å². The summed E-state index contributed by atoms with van der Waals surface area (Å²) in [5.41, 5.74) is 0.650. The van der Waals surface area contributed by atoms with Gasteiger partial charge in [0.05, 0.1) is 24.4 Å². The average Bonchev–Trinajstić information content (AvgIpc) is 3.01. The number of carbonyl (C=O) groups is 1. The molecule has 2 aromatic carbocycles. The van der Waals surface area contributed by atoms with Gasteiger partial charge in [-0.25, -0.2) is 4.39 Å². The molecule has 0 spiro atoms. The van der Waals surface area contributed by atoms with E-state index in [9.17, 15) is 13.6 Å². The van der Waals surface area contributed by atoms with Gasteiger partial charge in [-0.2, -0.15) is 5.10 Å². The molecule has 0 unspecified atom stereocenters. The number of ether oxygens (including phenoxy) is 1. The predicted molar refractivity (Wildman–Crippen MR) is 91.2 cm³/mol. The van der Waals surface area contributed by atoms with Crippen LogP contribution in [0.3, 0.4) is 0 Å². The van der Waals surface area contributed by atoms with Gasteiger partial charge in [-0.05, 0) is 43.2 Å². The molecule has 130 valence electrons. The highest BCUT2D eigenvalue weighted by atomic mass is 19.1. The van der Waals surface area contributed by atoms with Crippen LogP contribution in [0.4, 0.5) is 14.6 Å². The monoisotopic (exact) mass is 345 g/mol. The third-order valence-electron chi connectivity index (χ3n) is 3.68. The molecule has 2 N–H and O–H groups in total. The van der Waals surface area contributed by atoms with Crippen LogP contribution in [-0.2, 0) is 0 Å². The van der Waals surface area contributed by atoms with Crippen molar-refractivity contribution >= 4 is 22.6 Å². The van der Waals surface area contributed by atoms with Gasteiger partial charge in [-0.15, -0.1) is 0 Å². The second-order valence-corrected chi connectivity index (χ2v) is 5.46. The summed E-state index contributed by atoms with van der Waals surface area (Å²) in [6.07, 6.45) is 1.08. The Morgan fingerprint density at radius 2 is 2.04 bits per heavy atom. The molecule has 0 aliphatic carbocycles. The molecule has 0 aliphatic heterocycles. The standard InChI is InChI=1S/C18H17F2N3O2/c19-9-3-4-10-25-12-7-8-16-14(11-12)17(23-22-16)21-18(24)13-5-1-2-6-15(13)20/h1-2,5-8,11H,3-4,9-10H2,(H2,21,22,23,24). The highest BCUT2D eigenvalue weighted by molar-refractivity contribution is 6.08. The first kappa shape index (κ1) is 16.9. The Morgan fingerprint density at radius 1 is 1.20 bits per heavy atom. The van der Waals surface area contributed by atoms with Crippen LogP contribution < -0.4 is 10.1 Å². The number of nitrogens with zero attached hydrogens (tertiary/aromatic N) is 1. The highest BCUT2D eigenvalue weighted by Gasteiger charge is 2.14. The summed E-state index contributed by atoms with van der Waals surface area (Å²) in [4.78, 5) is 12.2. The molecule has 1 heterocycles. The Bertz CT molecular complexity index is 880. The number of hydrogen-bond acceptors (Lipinski definition) is 3. The predicted octanol–water partition coefficient (Wildman–Crippen LogP) is 4.08. The highest BCUT2D eigenvalue weighted by Crippen LogP contribution is 2.26. The maximum Gasteiger partial charge on any atom is 0.259 e. The normalized spacial score (nSPS) is 10.8. The zero-order chi connectivity index (χ0) is 17.6. The fraction of sp³-hybridized carbons (Fsp3) is 0.222. The number of nitrogens with one attached hydrogen (secondary N) is 2. The minimum Gasteiger partial charge on any atom is -0.494 e. The minimum absolute atomic E-state index is 0.0581. The molecule has 0 fully saturated rings. The van der Waals surface area contributed by atoms with Crippen LogP contribution in [0, 0.1) is 5.82 Å². The van der Waals surface area contributed by atoms with E-state index >= 15 is 0 Å². The van der Waals surface area contributed by atoms with Gasteiger partial charge in [-0.3, -0.25) is 14.3 Å². The Hall–Kier alpha value is -2.96. The van der Waals surface area contributed by atoms with Crippen molar-refractivity contribution < 1.29 is 18.3 Å². The Balaban J connectivity index is 1.77. The van der Waals surface area contributed by atoms with E-state index in [4.69, 9.17) is 4.74 Å². The van der Waals surface area contributed by atoms with Crippen LogP contribution in [0.15, 0.2) is 42.5 Å². The number of carbonyl (C=O) groups excluding carboxylic acids is 1. The zero-order valence-electron chi connectivity index (χ0n) is 13.4. The Labute approximate surface area is 143 Å². The number of hydrogen-bond donors (Lipinski definition) is 2. The third kappa shape index (κ3) is 3.93. The fourth-order valence-electron chi connectivity index (χ4n) is 2.38. The Morgan fingerprint density at radius 3 is 2.84 bits per heavy atom. The molecule has 3 rings (SSSR count). The van der Waals surface area contributed by atoms with Gasteiger partial charge in [0.2, 0.25) is 0 Å². The van der Waals surface area contributed by atoms with Crippen molar-refractivity contribution in [1.82, 2.24) is 10.2 Å². The lowest BCUT2D eigenvalue weighted by Crippen LogP contribution is -2.14. The number of amides is 1. The summed E-state index contributed by atoms with van der Waals surface area (Å²) >= 11 is 0. The summed E-state index contributed by atoms with van der Waals surface area (Å²) in [5, 5.41) is 10.1. The van der Waals surface area contributed by atoms with Crippen LogP contribution in [-0.4, -0.2) is 29.4 Å². The molecule has 0 saturated heterocycles. The van der Waals surface area contributed by atoms with E-state index in [2.05, 4.69) is 15.5 Å². The largest absolute Gasteiger partial charge is 0.494 e. The Kier molecular flexibility index (Phi) is 5.23. The van der Waals surface area contributed by atoms with E-state index in [1.165, 1.54) is 18.2 Å². The van der Waals surface area contributed by atoms with Crippen LogP contribution in [0.2, 0.25) is 0 Å². The van der Waals surface area contributed by atoms with Crippen LogP contribution >= 0.6 is 0 Å². The van der Waals surface area contributed by atoms with Crippen molar-refractivity contribution in [2.24, 2.45) is 0 Å². The van der Waals surface area contributed by atoms with E-state index in [0.29, 0.717) is 36.1 Å². The SMILES string of the molecule is O=C(Nc1n[nH]c2ccc(OCCCCF)cc12)c1ccccc1F. The topological polar surface area (TPSA) is 67.0 Å². The number of aromatic nitrogens is 2. The fourth-order valence-corrected chi connectivity index (χ4v) is 2.38. The molecule has 0 radical (unpaired) electrons. The lowest BCUT2D eigenvalue weighted by molar-refractivity contribution is 0.102. The van der Waals surface area contributed by atoms with Gasteiger partial charge in [-0.1, -0.05) is 12.1 Å². The molecule has 25 heavy (non-hydrogen) atoms. The van der Waals surface area contributed by atoms with Crippen molar-refractivity contribution in [2.75, 3.05) is 18.6 Å². The number of halogens is 2. The minimum atomic E-state index is -0.600. The van der Waals surface area contributed by atoms with Crippen LogP contribution in [0.1, 0.15) is 23.2 Å². The molecule has 0 saturated carbocycles. The number of H-pyrrole nitrogens is 1. The summed E-state index contributed by atoms with van der Waals surface area (Å²) in [6.45, 7) is 0.0422. The van der Waals surface area contributed by atoms with Gasteiger partial charge >= 0.3 is 0 Å². The number of benzene rings is 2. The van der Waals surface area contributed by atoms with E-state index in [0.717, 1.165) is 0 Å². The summed E-state index contributed by atoms with van der Waals surface area (Å²) in [6, 6.07) is 11.0. The number of alkyl halides is 1. The van der Waals surface area contributed by atoms with Crippen molar-refractivity contribution in [3.8, 4) is 5.75 Å². The van der Waals surface area contributed by atoms with Crippen LogP contribution in [0.25, 0.3) is 10.9 Å². The molecule has 0 bridgehead atoms. The molecular formula is C18H17F2N3O2. The number of fused-ring (bicyclic) bond motifs is 1. The van der Waals surface area contributed by atoms with Crippen molar-refractivity contribution in [2.45, 2.75) is 12.8 Å². The van der Waals surface area contributed by atoms with Crippen molar-refractivity contribution in [3.63, 3.8) is 0 Å². The summed E-state index contributed by atoms with van der Waals surface area (Å²) < 4.78 is 31.4. The van der Waals surface area contributed by atoms with Gasteiger partial charge < -0.3 is 10.1 Å². The molecular weight excluding hydrogens is 328 g/mol. The smallest absolute Gasteiger partial charge is 0.259 e. The maximum atomic E-state index is 13.7. The van der Waals surface area contributed by atoms with Gasteiger partial charge in [0.1, 0.15) is 11.6 Å². The zero-order valence-corrected chi connectivity index (χ0v) is 13.4. The van der Waals surface area contributed by atoms with Gasteiger partial charge in [0.25, 0.3) is 5.91 Å². The number of anilines is 1. The van der Waals surface area contributed by atoms with Crippen molar-refractivity contribution in [3.05, 3.63) is 53.8 Å².